The molecule has 0 atom stereocenters. The summed E-state index contributed by atoms with van der Waals surface area (Å²) in [5.74, 6) is 0.252. The Morgan fingerprint density at radius 1 is 1.20 bits per heavy atom. The molecule has 0 N–H and O–H groups in total. The van der Waals surface area contributed by atoms with Crippen molar-refractivity contribution in [3.05, 3.63) is 35.9 Å². The first-order valence-electron chi connectivity index (χ1n) is 9.14. The molecule has 7 nitrogen and oxygen atoms in total. The smallest absolute Gasteiger partial charge is 0.223 e. The van der Waals surface area contributed by atoms with E-state index in [0.29, 0.717) is 6.42 Å². The fourth-order valence-corrected chi connectivity index (χ4v) is 3.34. The summed E-state index contributed by atoms with van der Waals surface area (Å²) in [7, 11) is 1.92. The number of aryl methyl sites for hydroxylation is 3. The van der Waals surface area contributed by atoms with Crippen molar-refractivity contribution in [3.63, 3.8) is 0 Å². The lowest BCUT2D eigenvalue weighted by Crippen LogP contribution is -2.35. The molecule has 0 bridgehead atoms. The number of aromatic nitrogens is 4. The Kier molecular flexibility index (Phi) is 5.86. The normalized spacial score (nSPS) is 16.2. The summed E-state index contributed by atoms with van der Waals surface area (Å²) < 4.78 is 3.80. The number of carbonyl (C=O) groups is 1. The van der Waals surface area contributed by atoms with Gasteiger partial charge in [0, 0.05) is 76.4 Å². The van der Waals surface area contributed by atoms with Crippen LogP contribution >= 0.6 is 0 Å². The monoisotopic (exact) mass is 344 g/mol. The number of carbonyl (C=O) groups excluding carboxylic acids is 1. The summed E-state index contributed by atoms with van der Waals surface area (Å²) in [6, 6.07) is 1.98. The van der Waals surface area contributed by atoms with E-state index in [-0.39, 0.29) is 5.91 Å². The molecule has 3 rings (SSSR count). The predicted molar refractivity (Wildman–Crippen MR) is 95.9 cm³/mol. The minimum absolute atomic E-state index is 0.252. The van der Waals surface area contributed by atoms with Crippen molar-refractivity contribution in [2.45, 2.75) is 39.3 Å². The standard InChI is InChI=1S/C18H28N6O/c1-3-24-15-16(13-20-24)14-22-9-4-10-23(12-11-22)18(25)6-5-17-7-8-19-21(17)2/h7-8,13,15H,3-6,9-12,14H2,1-2H3. The van der Waals surface area contributed by atoms with E-state index in [0.717, 1.165) is 57.8 Å². The Morgan fingerprint density at radius 3 is 2.80 bits per heavy atom. The predicted octanol–water partition coefficient (Wildman–Crippen LogP) is 1.30. The summed E-state index contributed by atoms with van der Waals surface area (Å²) in [4.78, 5) is 17.0. The Bertz CT molecular complexity index is 691. The molecule has 0 spiro atoms. The van der Waals surface area contributed by atoms with Crippen LogP contribution < -0.4 is 0 Å². The minimum Gasteiger partial charge on any atom is -0.341 e. The third kappa shape index (κ3) is 4.69. The molecule has 2 aromatic heterocycles. The van der Waals surface area contributed by atoms with Gasteiger partial charge in [-0.3, -0.25) is 19.1 Å². The molecular weight excluding hydrogens is 316 g/mol. The van der Waals surface area contributed by atoms with Gasteiger partial charge in [-0.2, -0.15) is 10.2 Å². The molecule has 25 heavy (non-hydrogen) atoms. The number of hydrogen-bond acceptors (Lipinski definition) is 4. The lowest BCUT2D eigenvalue weighted by molar-refractivity contribution is -0.131. The summed E-state index contributed by atoms with van der Waals surface area (Å²) in [6.07, 6.45) is 8.19. The van der Waals surface area contributed by atoms with Crippen molar-refractivity contribution < 1.29 is 4.79 Å². The number of hydrogen-bond donors (Lipinski definition) is 0. The van der Waals surface area contributed by atoms with Gasteiger partial charge in [0.2, 0.25) is 5.91 Å². The minimum atomic E-state index is 0.252. The maximum Gasteiger partial charge on any atom is 0.223 e. The van der Waals surface area contributed by atoms with Gasteiger partial charge >= 0.3 is 0 Å². The second-order valence-electron chi connectivity index (χ2n) is 6.66. The molecule has 7 heteroatoms. The van der Waals surface area contributed by atoms with Gasteiger partial charge in [0.05, 0.1) is 6.20 Å². The molecule has 1 amide bonds. The van der Waals surface area contributed by atoms with Crippen LogP contribution in [-0.2, 0) is 31.4 Å². The van der Waals surface area contributed by atoms with E-state index in [1.807, 2.05) is 33.6 Å². The molecule has 0 radical (unpaired) electrons. The second-order valence-corrected chi connectivity index (χ2v) is 6.66. The van der Waals surface area contributed by atoms with Crippen molar-refractivity contribution in [3.8, 4) is 0 Å². The number of rotatable bonds is 6. The van der Waals surface area contributed by atoms with Gasteiger partial charge in [-0.1, -0.05) is 0 Å². The fourth-order valence-electron chi connectivity index (χ4n) is 3.34. The van der Waals surface area contributed by atoms with Crippen LogP contribution in [0.25, 0.3) is 0 Å². The second kappa shape index (κ2) is 8.29. The Balaban J connectivity index is 1.47. The molecule has 0 aliphatic carbocycles. The zero-order valence-electron chi connectivity index (χ0n) is 15.3. The molecule has 0 unspecified atom stereocenters. The van der Waals surface area contributed by atoms with E-state index >= 15 is 0 Å². The fraction of sp³-hybridized carbons (Fsp3) is 0.611. The van der Waals surface area contributed by atoms with Crippen LogP contribution in [0.4, 0.5) is 0 Å². The number of amides is 1. The molecule has 0 aromatic carbocycles. The van der Waals surface area contributed by atoms with Crippen molar-refractivity contribution in [2.75, 3.05) is 26.2 Å². The van der Waals surface area contributed by atoms with E-state index in [1.54, 1.807) is 6.20 Å². The number of nitrogens with zero attached hydrogens (tertiary/aromatic N) is 6. The first-order chi connectivity index (χ1) is 12.2. The van der Waals surface area contributed by atoms with Crippen LogP contribution in [-0.4, -0.2) is 61.4 Å². The SMILES string of the molecule is CCn1cc(CN2CCCN(C(=O)CCc3ccnn3C)CC2)cn1. The highest BCUT2D eigenvalue weighted by Crippen LogP contribution is 2.11. The van der Waals surface area contributed by atoms with Crippen LogP contribution in [0.3, 0.4) is 0 Å². The largest absolute Gasteiger partial charge is 0.341 e. The van der Waals surface area contributed by atoms with E-state index in [1.165, 1.54) is 5.56 Å². The van der Waals surface area contributed by atoms with Crippen molar-refractivity contribution in [2.24, 2.45) is 7.05 Å². The van der Waals surface area contributed by atoms with Crippen molar-refractivity contribution >= 4 is 5.91 Å². The van der Waals surface area contributed by atoms with Crippen LogP contribution in [0.5, 0.6) is 0 Å². The summed E-state index contributed by atoms with van der Waals surface area (Å²) >= 11 is 0. The average Bonchev–Trinajstić information content (AvgIpc) is 3.16. The molecular formula is C18H28N6O. The Labute approximate surface area is 149 Å². The summed E-state index contributed by atoms with van der Waals surface area (Å²) in [5, 5.41) is 8.50. The van der Waals surface area contributed by atoms with Gasteiger partial charge in [0.1, 0.15) is 0 Å². The molecule has 136 valence electrons. The topological polar surface area (TPSA) is 59.2 Å². The molecule has 1 fully saturated rings. The first kappa shape index (κ1) is 17.7. The van der Waals surface area contributed by atoms with Crippen molar-refractivity contribution in [1.82, 2.24) is 29.4 Å². The van der Waals surface area contributed by atoms with Crippen LogP contribution in [0.2, 0.25) is 0 Å². The quantitative estimate of drug-likeness (QED) is 0.793. The molecule has 2 aromatic rings. The first-order valence-corrected chi connectivity index (χ1v) is 9.14. The molecule has 0 saturated carbocycles. The Hall–Kier alpha value is -2.15. The van der Waals surface area contributed by atoms with Crippen LogP contribution in [0.15, 0.2) is 24.7 Å². The van der Waals surface area contributed by atoms with E-state index in [4.69, 9.17) is 0 Å². The van der Waals surface area contributed by atoms with Gasteiger partial charge < -0.3 is 4.90 Å². The van der Waals surface area contributed by atoms with Gasteiger partial charge in [-0.25, -0.2) is 0 Å². The molecule has 1 saturated heterocycles. The third-order valence-corrected chi connectivity index (χ3v) is 4.88. The van der Waals surface area contributed by atoms with E-state index < -0.39 is 0 Å². The third-order valence-electron chi connectivity index (χ3n) is 4.88. The van der Waals surface area contributed by atoms with Crippen LogP contribution in [0.1, 0.15) is 31.0 Å². The van der Waals surface area contributed by atoms with Gasteiger partial charge in [0.15, 0.2) is 0 Å². The lowest BCUT2D eigenvalue weighted by atomic mass is 10.2. The highest BCUT2D eigenvalue weighted by atomic mass is 16.2. The van der Waals surface area contributed by atoms with E-state index in [9.17, 15) is 4.79 Å². The maximum absolute atomic E-state index is 12.5. The summed E-state index contributed by atoms with van der Waals surface area (Å²) in [6.45, 7) is 7.53. The lowest BCUT2D eigenvalue weighted by Gasteiger charge is -2.21. The zero-order valence-corrected chi connectivity index (χ0v) is 15.3. The zero-order chi connectivity index (χ0) is 17.6. The van der Waals surface area contributed by atoms with E-state index in [2.05, 4.69) is 28.2 Å². The highest BCUT2D eigenvalue weighted by molar-refractivity contribution is 5.76. The summed E-state index contributed by atoms with van der Waals surface area (Å²) in [5.41, 5.74) is 2.36. The Morgan fingerprint density at radius 2 is 2.08 bits per heavy atom. The molecule has 3 heterocycles. The molecule has 1 aliphatic heterocycles. The van der Waals surface area contributed by atoms with Gasteiger partial charge in [0.25, 0.3) is 0 Å². The van der Waals surface area contributed by atoms with Crippen molar-refractivity contribution in [1.29, 1.82) is 0 Å². The molecule has 1 aliphatic rings. The van der Waals surface area contributed by atoms with Gasteiger partial charge in [-0.15, -0.1) is 0 Å². The van der Waals surface area contributed by atoms with Crippen LogP contribution in [0, 0.1) is 0 Å². The highest BCUT2D eigenvalue weighted by Gasteiger charge is 2.19. The van der Waals surface area contributed by atoms with Gasteiger partial charge in [-0.05, 0) is 25.8 Å². The average molecular weight is 344 g/mol. The maximum atomic E-state index is 12.5.